The van der Waals surface area contributed by atoms with Gasteiger partial charge in [-0.1, -0.05) is 13.0 Å². The van der Waals surface area contributed by atoms with Gasteiger partial charge in [0, 0.05) is 19.3 Å². The molecule has 0 saturated carbocycles. The highest BCUT2D eigenvalue weighted by Crippen LogP contribution is 2.33. The summed E-state index contributed by atoms with van der Waals surface area (Å²) in [6.45, 7) is 3.36. The van der Waals surface area contributed by atoms with Crippen LogP contribution < -0.4 is 15.4 Å². The summed E-state index contributed by atoms with van der Waals surface area (Å²) in [7, 11) is 0. The van der Waals surface area contributed by atoms with Crippen molar-refractivity contribution in [3.63, 3.8) is 0 Å². The van der Waals surface area contributed by atoms with Gasteiger partial charge in [-0.2, -0.15) is 13.2 Å². The molecule has 1 aliphatic heterocycles. The minimum atomic E-state index is -4.41. The Labute approximate surface area is 165 Å². The van der Waals surface area contributed by atoms with Gasteiger partial charge < -0.3 is 20.4 Å². The molecule has 3 N–H and O–H groups in total. The molecule has 3 heterocycles. The Morgan fingerprint density at radius 3 is 2.90 bits per heavy atom. The predicted molar refractivity (Wildman–Crippen MR) is 104 cm³/mol. The molecule has 0 aliphatic carbocycles. The van der Waals surface area contributed by atoms with Gasteiger partial charge in [0.05, 0.1) is 16.5 Å². The van der Waals surface area contributed by atoms with Crippen LogP contribution in [0, 0.1) is 0 Å². The normalized spacial score (nSPS) is 19.8. The van der Waals surface area contributed by atoms with E-state index >= 15 is 0 Å². The van der Waals surface area contributed by atoms with E-state index in [0.717, 1.165) is 41.0 Å². The van der Waals surface area contributed by atoms with Crippen molar-refractivity contribution < 1.29 is 17.9 Å². The van der Waals surface area contributed by atoms with Gasteiger partial charge in [-0.3, -0.25) is 0 Å². The molecule has 9 heteroatoms. The Balaban J connectivity index is 1.49. The molecule has 29 heavy (non-hydrogen) atoms. The smallest absolute Gasteiger partial charge is 0.416 e. The second kappa shape index (κ2) is 7.22. The second-order valence-electron chi connectivity index (χ2n) is 7.44. The van der Waals surface area contributed by atoms with E-state index < -0.39 is 17.3 Å². The number of nitrogens with zero attached hydrogens (tertiary/aromatic N) is 3. The number of alkyl halides is 3. The molecular formula is C20H22F3N5O. The van der Waals surface area contributed by atoms with Crippen LogP contribution >= 0.6 is 0 Å². The maximum atomic E-state index is 12.9. The fourth-order valence-corrected chi connectivity index (χ4v) is 3.71. The molecule has 1 aliphatic rings. The molecule has 3 aromatic rings. The number of aryl methyl sites for hydroxylation is 1. The first-order valence-electron chi connectivity index (χ1n) is 9.44. The first-order valence-corrected chi connectivity index (χ1v) is 9.44. The van der Waals surface area contributed by atoms with Crippen LogP contribution in [-0.4, -0.2) is 40.2 Å². The highest BCUT2D eigenvalue weighted by atomic mass is 19.4. The predicted octanol–water partition coefficient (Wildman–Crippen LogP) is 3.53. The molecule has 4 rings (SSSR count). The standard InChI is InChI=1S/C20H22F3N5O/c1-2-13-9-25-17-16(13)18(27-12-26-17)28-7-6-19(24,10-28)11-29-15-5-3-4-14(8-15)20(21,22)23/h3-5,8-9,12H,2,6-7,10-11,24H2,1H3,(H,25,26,27). The number of halogens is 3. The monoisotopic (exact) mass is 405 g/mol. The Morgan fingerprint density at radius 1 is 1.31 bits per heavy atom. The molecule has 1 unspecified atom stereocenters. The molecule has 0 spiro atoms. The van der Waals surface area contributed by atoms with Crippen molar-refractivity contribution in [1.82, 2.24) is 15.0 Å². The molecule has 154 valence electrons. The van der Waals surface area contributed by atoms with Gasteiger partial charge in [-0.05, 0) is 36.6 Å². The van der Waals surface area contributed by atoms with Crippen molar-refractivity contribution in [3.8, 4) is 5.75 Å². The van der Waals surface area contributed by atoms with Gasteiger partial charge in [0.2, 0.25) is 0 Å². The second-order valence-corrected chi connectivity index (χ2v) is 7.44. The summed E-state index contributed by atoms with van der Waals surface area (Å²) in [5.41, 5.74) is 6.99. The number of nitrogens with two attached hydrogens (primary N) is 1. The third-order valence-electron chi connectivity index (χ3n) is 5.28. The van der Waals surface area contributed by atoms with Crippen LogP contribution in [0.15, 0.2) is 36.8 Å². The average Bonchev–Trinajstić information content (AvgIpc) is 3.30. The molecular weight excluding hydrogens is 383 g/mol. The van der Waals surface area contributed by atoms with Crippen molar-refractivity contribution in [2.45, 2.75) is 31.5 Å². The number of aromatic amines is 1. The number of anilines is 1. The van der Waals surface area contributed by atoms with Gasteiger partial charge >= 0.3 is 6.18 Å². The van der Waals surface area contributed by atoms with Crippen LogP contribution in [0.2, 0.25) is 0 Å². The lowest BCUT2D eigenvalue weighted by atomic mass is 10.0. The first kappa shape index (κ1) is 19.5. The fourth-order valence-electron chi connectivity index (χ4n) is 3.71. The molecule has 1 fully saturated rings. The molecule has 0 bridgehead atoms. The summed E-state index contributed by atoms with van der Waals surface area (Å²) in [6.07, 6.45) is 0.536. The summed E-state index contributed by atoms with van der Waals surface area (Å²) < 4.78 is 44.3. The molecule has 2 aromatic heterocycles. The van der Waals surface area contributed by atoms with E-state index in [-0.39, 0.29) is 12.4 Å². The number of aromatic nitrogens is 3. The molecule has 1 aromatic carbocycles. The van der Waals surface area contributed by atoms with Crippen molar-refractivity contribution in [3.05, 3.63) is 47.9 Å². The zero-order valence-corrected chi connectivity index (χ0v) is 16.0. The Bertz CT molecular complexity index is 1020. The number of rotatable bonds is 5. The lowest BCUT2D eigenvalue weighted by molar-refractivity contribution is -0.137. The largest absolute Gasteiger partial charge is 0.492 e. The Morgan fingerprint density at radius 2 is 2.14 bits per heavy atom. The van der Waals surface area contributed by atoms with Crippen molar-refractivity contribution >= 4 is 16.9 Å². The lowest BCUT2D eigenvalue weighted by Gasteiger charge is -2.25. The highest BCUT2D eigenvalue weighted by Gasteiger charge is 2.37. The number of hydrogen-bond acceptors (Lipinski definition) is 5. The molecule has 1 atom stereocenters. The van der Waals surface area contributed by atoms with E-state index in [9.17, 15) is 13.2 Å². The van der Waals surface area contributed by atoms with Crippen molar-refractivity contribution in [2.24, 2.45) is 5.73 Å². The van der Waals surface area contributed by atoms with Gasteiger partial charge in [-0.15, -0.1) is 0 Å². The number of nitrogens with one attached hydrogen (secondary N) is 1. The summed E-state index contributed by atoms with van der Waals surface area (Å²) in [5.74, 6) is 0.978. The van der Waals surface area contributed by atoms with Gasteiger partial charge in [0.15, 0.2) is 0 Å². The van der Waals surface area contributed by atoms with E-state index in [4.69, 9.17) is 10.5 Å². The van der Waals surface area contributed by atoms with Crippen molar-refractivity contribution in [1.29, 1.82) is 0 Å². The lowest BCUT2D eigenvalue weighted by Crippen LogP contribution is -2.48. The summed E-state index contributed by atoms with van der Waals surface area (Å²) in [4.78, 5) is 14.0. The van der Waals surface area contributed by atoms with Gasteiger partial charge in [0.25, 0.3) is 0 Å². The van der Waals surface area contributed by atoms with Gasteiger partial charge in [0.1, 0.15) is 30.1 Å². The minimum Gasteiger partial charge on any atom is -0.492 e. The maximum absolute atomic E-state index is 12.9. The third-order valence-corrected chi connectivity index (χ3v) is 5.28. The summed E-state index contributed by atoms with van der Waals surface area (Å²) in [5, 5.41) is 0.984. The number of ether oxygens (including phenoxy) is 1. The van der Waals surface area contributed by atoms with Crippen LogP contribution in [0.25, 0.3) is 11.0 Å². The minimum absolute atomic E-state index is 0.118. The van der Waals surface area contributed by atoms with Crippen LogP contribution in [0.4, 0.5) is 19.0 Å². The number of benzene rings is 1. The van der Waals surface area contributed by atoms with E-state index in [1.165, 1.54) is 18.5 Å². The maximum Gasteiger partial charge on any atom is 0.416 e. The van der Waals surface area contributed by atoms with Crippen LogP contribution in [0.1, 0.15) is 24.5 Å². The molecule has 0 radical (unpaired) electrons. The first-order chi connectivity index (χ1) is 13.8. The summed E-state index contributed by atoms with van der Waals surface area (Å²) >= 11 is 0. The Kier molecular flexibility index (Phi) is 4.85. The number of H-pyrrole nitrogens is 1. The van der Waals surface area contributed by atoms with E-state index in [1.807, 2.05) is 6.20 Å². The van der Waals surface area contributed by atoms with Crippen LogP contribution in [-0.2, 0) is 12.6 Å². The van der Waals surface area contributed by atoms with E-state index in [2.05, 4.69) is 26.8 Å². The van der Waals surface area contributed by atoms with Gasteiger partial charge in [-0.25, -0.2) is 9.97 Å². The van der Waals surface area contributed by atoms with Crippen LogP contribution in [0.3, 0.4) is 0 Å². The SMILES string of the molecule is CCc1c[nH]c2ncnc(N3CCC(N)(COc4cccc(C(F)(F)F)c4)C3)c12. The number of fused-ring (bicyclic) bond motifs is 1. The van der Waals surface area contributed by atoms with E-state index in [0.29, 0.717) is 19.5 Å². The quantitative estimate of drug-likeness (QED) is 0.679. The number of hydrogen-bond donors (Lipinski definition) is 2. The third kappa shape index (κ3) is 3.87. The molecule has 0 amide bonds. The molecule has 6 nitrogen and oxygen atoms in total. The summed E-state index contributed by atoms with van der Waals surface area (Å²) in [6, 6.07) is 4.85. The topological polar surface area (TPSA) is 80.1 Å². The zero-order valence-electron chi connectivity index (χ0n) is 16.0. The van der Waals surface area contributed by atoms with E-state index in [1.54, 1.807) is 0 Å². The highest BCUT2D eigenvalue weighted by molar-refractivity contribution is 5.91. The average molecular weight is 405 g/mol. The van der Waals surface area contributed by atoms with Crippen molar-refractivity contribution in [2.75, 3.05) is 24.6 Å². The Hall–Kier alpha value is -2.81. The fraction of sp³-hybridized carbons (Fsp3) is 0.400. The molecule has 1 saturated heterocycles. The zero-order chi connectivity index (χ0) is 20.6. The van der Waals surface area contributed by atoms with Crippen LogP contribution in [0.5, 0.6) is 5.75 Å².